The van der Waals surface area contributed by atoms with Gasteiger partial charge in [0.25, 0.3) is 0 Å². The summed E-state index contributed by atoms with van der Waals surface area (Å²) in [6, 6.07) is 10.9. The zero-order valence-electron chi connectivity index (χ0n) is 13.5. The summed E-state index contributed by atoms with van der Waals surface area (Å²) in [5, 5.41) is 12.6. The van der Waals surface area contributed by atoms with Crippen LogP contribution in [0.5, 0.6) is 0 Å². The second kappa shape index (κ2) is 7.88. The number of aliphatic hydroxyl groups is 1. The number of aromatic nitrogens is 2. The van der Waals surface area contributed by atoms with Gasteiger partial charge in [-0.1, -0.05) is 30.3 Å². The minimum Gasteiger partial charge on any atom is -0.394 e. The lowest BCUT2D eigenvalue weighted by Crippen LogP contribution is -2.45. The highest BCUT2D eigenvalue weighted by molar-refractivity contribution is 5.80. The van der Waals surface area contributed by atoms with Crippen LogP contribution in [0.1, 0.15) is 24.4 Å². The number of anilines is 1. The zero-order chi connectivity index (χ0) is 16.8. The van der Waals surface area contributed by atoms with Gasteiger partial charge in [-0.05, 0) is 24.5 Å². The SMILES string of the molecule is O=C(N[C@H](CO)c1ccccc1)C1CCCN(c2ncccn2)C1. The van der Waals surface area contributed by atoms with Crippen molar-refractivity contribution < 1.29 is 9.90 Å². The van der Waals surface area contributed by atoms with Crippen LogP contribution in [-0.4, -0.2) is 40.7 Å². The van der Waals surface area contributed by atoms with E-state index in [0.29, 0.717) is 12.5 Å². The van der Waals surface area contributed by atoms with Crippen molar-refractivity contribution in [3.8, 4) is 0 Å². The first kappa shape index (κ1) is 16.4. The zero-order valence-corrected chi connectivity index (χ0v) is 13.5. The number of aliphatic hydroxyl groups excluding tert-OH is 1. The summed E-state index contributed by atoms with van der Waals surface area (Å²) in [4.78, 5) is 23.2. The van der Waals surface area contributed by atoms with E-state index in [2.05, 4.69) is 15.3 Å². The maximum absolute atomic E-state index is 12.6. The van der Waals surface area contributed by atoms with Crippen molar-refractivity contribution in [3.05, 3.63) is 54.4 Å². The largest absolute Gasteiger partial charge is 0.394 e. The number of nitrogens with one attached hydrogen (secondary N) is 1. The quantitative estimate of drug-likeness (QED) is 0.871. The van der Waals surface area contributed by atoms with Gasteiger partial charge in [0.15, 0.2) is 0 Å². The Kier molecular flexibility index (Phi) is 5.38. The molecule has 126 valence electrons. The lowest BCUT2D eigenvalue weighted by Gasteiger charge is -2.32. The van der Waals surface area contributed by atoms with Crippen molar-refractivity contribution in [2.75, 3.05) is 24.6 Å². The molecule has 24 heavy (non-hydrogen) atoms. The van der Waals surface area contributed by atoms with E-state index >= 15 is 0 Å². The molecule has 0 radical (unpaired) electrons. The lowest BCUT2D eigenvalue weighted by atomic mass is 9.96. The second-order valence-electron chi connectivity index (χ2n) is 5.99. The fourth-order valence-corrected chi connectivity index (χ4v) is 3.04. The van der Waals surface area contributed by atoms with Crippen molar-refractivity contribution in [2.45, 2.75) is 18.9 Å². The molecule has 0 saturated carbocycles. The van der Waals surface area contributed by atoms with Crippen molar-refractivity contribution in [1.82, 2.24) is 15.3 Å². The molecule has 1 amide bonds. The van der Waals surface area contributed by atoms with E-state index in [1.807, 2.05) is 35.2 Å². The molecule has 6 heteroatoms. The Balaban J connectivity index is 1.64. The number of hydrogen-bond acceptors (Lipinski definition) is 5. The van der Waals surface area contributed by atoms with Gasteiger partial charge in [0.1, 0.15) is 0 Å². The summed E-state index contributed by atoms with van der Waals surface area (Å²) in [5.74, 6) is 0.510. The third-order valence-corrected chi connectivity index (χ3v) is 4.33. The molecule has 0 aliphatic carbocycles. The van der Waals surface area contributed by atoms with Crippen LogP contribution in [-0.2, 0) is 4.79 Å². The fraction of sp³-hybridized carbons (Fsp3) is 0.389. The van der Waals surface area contributed by atoms with Gasteiger partial charge >= 0.3 is 0 Å². The average molecular weight is 326 g/mol. The Labute approximate surface area is 141 Å². The van der Waals surface area contributed by atoms with Crippen LogP contribution in [0.2, 0.25) is 0 Å². The van der Waals surface area contributed by atoms with Crippen LogP contribution in [0.25, 0.3) is 0 Å². The number of amides is 1. The maximum Gasteiger partial charge on any atom is 0.225 e. The van der Waals surface area contributed by atoms with Gasteiger partial charge in [0.05, 0.1) is 18.6 Å². The molecule has 1 aromatic carbocycles. The third-order valence-electron chi connectivity index (χ3n) is 4.33. The van der Waals surface area contributed by atoms with Crippen molar-refractivity contribution in [2.24, 2.45) is 5.92 Å². The summed E-state index contributed by atoms with van der Waals surface area (Å²) >= 11 is 0. The summed E-state index contributed by atoms with van der Waals surface area (Å²) < 4.78 is 0. The van der Waals surface area contributed by atoms with Crippen LogP contribution in [0.4, 0.5) is 5.95 Å². The first-order valence-corrected chi connectivity index (χ1v) is 8.26. The van der Waals surface area contributed by atoms with Crippen LogP contribution in [0.3, 0.4) is 0 Å². The van der Waals surface area contributed by atoms with Crippen LogP contribution in [0, 0.1) is 5.92 Å². The van der Waals surface area contributed by atoms with E-state index < -0.39 is 0 Å². The molecule has 1 unspecified atom stereocenters. The molecule has 0 bridgehead atoms. The highest BCUT2D eigenvalue weighted by Crippen LogP contribution is 2.21. The molecule has 3 rings (SSSR count). The van der Waals surface area contributed by atoms with Gasteiger partial charge in [0.2, 0.25) is 11.9 Å². The average Bonchev–Trinajstić information content (AvgIpc) is 2.67. The minimum absolute atomic E-state index is 0.0291. The number of benzene rings is 1. The highest BCUT2D eigenvalue weighted by atomic mass is 16.3. The van der Waals surface area contributed by atoms with Gasteiger partial charge in [-0.3, -0.25) is 4.79 Å². The van der Waals surface area contributed by atoms with Crippen molar-refractivity contribution in [1.29, 1.82) is 0 Å². The summed E-state index contributed by atoms with van der Waals surface area (Å²) in [5.41, 5.74) is 0.910. The van der Waals surface area contributed by atoms with E-state index in [9.17, 15) is 9.90 Å². The summed E-state index contributed by atoms with van der Waals surface area (Å²) in [7, 11) is 0. The molecule has 0 spiro atoms. The number of carbonyl (C=O) groups is 1. The van der Waals surface area contributed by atoms with Gasteiger partial charge < -0.3 is 15.3 Å². The molecule has 6 nitrogen and oxygen atoms in total. The number of hydrogen-bond donors (Lipinski definition) is 2. The first-order valence-electron chi connectivity index (χ1n) is 8.26. The van der Waals surface area contributed by atoms with E-state index in [4.69, 9.17) is 0 Å². The molecule has 1 fully saturated rings. The molecule has 2 heterocycles. The number of carbonyl (C=O) groups excluding carboxylic acids is 1. The van der Waals surface area contributed by atoms with E-state index in [1.165, 1.54) is 0 Å². The van der Waals surface area contributed by atoms with Gasteiger partial charge in [-0.2, -0.15) is 0 Å². The lowest BCUT2D eigenvalue weighted by molar-refractivity contribution is -0.126. The Bertz CT molecular complexity index is 651. The van der Waals surface area contributed by atoms with Gasteiger partial charge in [0, 0.05) is 25.5 Å². The smallest absolute Gasteiger partial charge is 0.225 e. The monoisotopic (exact) mass is 326 g/mol. The predicted octanol–water partition coefficient (Wildman–Crippen LogP) is 1.54. The topological polar surface area (TPSA) is 78.4 Å². The number of piperidine rings is 1. The summed E-state index contributed by atoms with van der Waals surface area (Å²) in [6.45, 7) is 1.34. The second-order valence-corrected chi connectivity index (χ2v) is 5.99. The Morgan fingerprint density at radius 3 is 2.71 bits per heavy atom. The Morgan fingerprint density at radius 1 is 1.25 bits per heavy atom. The molecule has 1 aliphatic rings. The molecule has 2 atom stereocenters. The van der Waals surface area contributed by atoms with Crippen LogP contribution < -0.4 is 10.2 Å². The highest BCUT2D eigenvalue weighted by Gasteiger charge is 2.28. The molecular formula is C18H22N4O2. The van der Waals surface area contributed by atoms with Crippen LogP contribution >= 0.6 is 0 Å². The standard InChI is InChI=1S/C18H22N4O2/c23-13-16(14-6-2-1-3-7-14)21-17(24)15-8-4-11-22(12-15)18-19-9-5-10-20-18/h1-3,5-7,9-10,15-16,23H,4,8,11-13H2,(H,21,24)/t15?,16-/m1/s1. The van der Waals surface area contributed by atoms with Crippen LogP contribution in [0.15, 0.2) is 48.8 Å². The number of nitrogens with zero attached hydrogens (tertiary/aromatic N) is 3. The van der Waals surface area contributed by atoms with E-state index in [-0.39, 0.29) is 24.5 Å². The molecule has 1 aromatic heterocycles. The van der Waals surface area contributed by atoms with Crippen molar-refractivity contribution in [3.63, 3.8) is 0 Å². The molecule has 2 N–H and O–H groups in total. The van der Waals surface area contributed by atoms with Gasteiger partial charge in [-0.15, -0.1) is 0 Å². The first-order chi connectivity index (χ1) is 11.8. The molecular weight excluding hydrogens is 304 g/mol. The summed E-state index contributed by atoms with van der Waals surface area (Å²) in [6.07, 6.45) is 5.18. The Hall–Kier alpha value is -2.47. The van der Waals surface area contributed by atoms with E-state index in [0.717, 1.165) is 24.9 Å². The minimum atomic E-state index is -0.373. The molecule has 1 aliphatic heterocycles. The third kappa shape index (κ3) is 3.89. The molecule has 1 saturated heterocycles. The van der Waals surface area contributed by atoms with E-state index in [1.54, 1.807) is 18.5 Å². The Morgan fingerprint density at radius 2 is 2.00 bits per heavy atom. The predicted molar refractivity (Wildman–Crippen MR) is 91.4 cm³/mol. The van der Waals surface area contributed by atoms with Crippen molar-refractivity contribution >= 4 is 11.9 Å². The van der Waals surface area contributed by atoms with Gasteiger partial charge in [-0.25, -0.2) is 9.97 Å². The normalized spacial score (nSPS) is 18.9. The maximum atomic E-state index is 12.6. The number of rotatable bonds is 5. The fourth-order valence-electron chi connectivity index (χ4n) is 3.04. The molecule has 2 aromatic rings.